The average molecular weight is 227 g/mol. The molecule has 0 unspecified atom stereocenters. The summed E-state index contributed by atoms with van der Waals surface area (Å²) in [5, 5.41) is 2.65. The van der Waals surface area contributed by atoms with Crippen molar-refractivity contribution in [1.29, 1.82) is 0 Å². The van der Waals surface area contributed by atoms with Crippen LogP contribution >= 0.6 is 0 Å². The third-order valence-electron chi connectivity index (χ3n) is 2.07. The van der Waals surface area contributed by atoms with Crippen LogP contribution in [-0.4, -0.2) is 37.6 Å². The Morgan fingerprint density at radius 1 is 1.44 bits per heavy atom. The molecular formula is C10H13NO5. The van der Waals surface area contributed by atoms with E-state index >= 15 is 0 Å². The van der Waals surface area contributed by atoms with E-state index < -0.39 is 11.9 Å². The largest absolute Gasteiger partial charge is 0.466 e. The molecule has 0 aliphatic carbocycles. The molecule has 1 heterocycles. The number of carbonyl (C=O) groups excluding carboxylic acids is 3. The molecular weight excluding hydrogens is 214 g/mol. The van der Waals surface area contributed by atoms with Crippen LogP contribution in [0.25, 0.3) is 0 Å². The van der Waals surface area contributed by atoms with Gasteiger partial charge in [-0.05, 0) is 6.42 Å². The minimum absolute atomic E-state index is 0.0360. The number of nitrogens with one attached hydrogen (secondary N) is 1. The van der Waals surface area contributed by atoms with Crippen LogP contribution in [0.5, 0.6) is 0 Å². The van der Waals surface area contributed by atoms with Crippen molar-refractivity contribution in [1.82, 2.24) is 5.32 Å². The van der Waals surface area contributed by atoms with Crippen molar-refractivity contribution in [3.8, 4) is 0 Å². The summed E-state index contributed by atoms with van der Waals surface area (Å²) in [4.78, 5) is 32.5. The first-order valence-electron chi connectivity index (χ1n) is 4.84. The monoisotopic (exact) mass is 227 g/mol. The van der Waals surface area contributed by atoms with E-state index in [1.807, 2.05) is 0 Å². The topological polar surface area (TPSA) is 81.7 Å². The normalized spacial score (nSPS) is 19.6. The van der Waals surface area contributed by atoms with Crippen molar-refractivity contribution >= 4 is 17.8 Å². The first-order chi connectivity index (χ1) is 7.61. The number of amides is 1. The summed E-state index contributed by atoms with van der Waals surface area (Å²) in [5.41, 5.74) is 0. The quantitative estimate of drug-likeness (QED) is 0.519. The van der Waals surface area contributed by atoms with Gasteiger partial charge in [-0.15, -0.1) is 0 Å². The smallest absolute Gasteiger partial charge is 0.331 e. The van der Waals surface area contributed by atoms with E-state index in [1.54, 1.807) is 0 Å². The van der Waals surface area contributed by atoms with E-state index in [0.29, 0.717) is 12.8 Å². The van der Waals surface area contributed by atoms with Gasteiger partial charge in [-0.25, -0.2) is 9.59 Å². The molecule has 1 atom stereocenters. The molecule has 0 bridgehead atoms. The van der Waals surface area contributed by atoms with Crippen molar-refractivity contribution in [2.24, 2.45) is 0 Å². The van der Waals surface area contributed by atoms with Gasteiger partial charge in [0.1, 0.15) is 6.61 Å². The van der Waals surface area contributed by atoms with E-state index in [1.165, 1.54) is 7.11 Å². The molecule has 1 rings (SSSR count). The van der Waals surface area contributed by atoms with Crippen molar-refractivity contribution in [3.05, 3.63) is 12.2 Å². The minimum atomic E-state index is -0.633. The molecule has 0 aromatic heterocycles. The van der Waals surface area contributed by atoms with Gasteiger partial charge in [-0.3, -0.25) is 4.79 Å². The minimum Gasteiger partial charge on any atom is -0.466 e. The Labute approximate surface area is 92.6 Å². The molecule has 0 radical (unpaired) electrons. The van der Waals surface area contributed by atoms with Gasteiger partial charge in [0.25, 0.3) is 0 Å². The van der Waals surface area contributed by atoms with E-state index in [-0.39, 0.29) is 18.6 Å². The highest BCUT2D eigenvalue weighted by molar-refractivity contribution is 5.91. The number of hydrogen-bond donors (Lipinski definition) is 1. The van der Waals surface area contributed by atoms with Crippen LogP contribution in [0.2, 0.25) is 0 Å². The molecule has 1 aliphatic heterocycles. The summed E-state index contributed by atoms with van der Waals surface area (Å²) >= 11 is 0. The van der Waals surface area contributed by atoms with Crippen molar-refractivity contribution in [2.75, 3.05) is 13.7 Å². The zero-order valence-corrected chi connectivity index (χ0v) is 8.89. The maximum atomic E-state index is 11.1. The third kappa shape index (κ3) is 4.12. The van der Waals surface area contributed by atoms with Gasteiger partial charge in [-0.1, -0.05) is 0 Å². The number of hydrogen-bond acceptors (Lipinski definition) is 5. The maximum Gasteiger partial charge on any atom is 0.331 e. The third-order valence-corrected chi connectivity index (χ3v) is 2.07. The number of methoxy groups -OCH3 is 1. The summed E-state index contributed by atoms with van der Waals surface area (Å²) in [6, 6.07) is -0.122. The van der Waals surface area contributed by atoms with Crippen LogP contribution in [0.1, 0.15) is 12.8 Å². The number of carbonyl (C=O) groups is 3. The Bertz CT molecular complexity index is 323. The molecule has 1 N–H and O–H groups in total. The molecule has 1 saturated heterocycles. The van der Waals surface area contributed by atoms with Gasteiger partial charge < -0.3 is 14.8 Å². The fraction of sp³-hybridized carbons (Fsp3) is 0.500. The second kappa shape index (κ2) is 5.89. The number of esters is 2. The number of ether oxygens (including phenoxy) is 2. The summed E-state index contributed by atoms with van der Waals surface area (Å²) in [6.07, 6.45) is 3.09. The van der Waals surface area contributed by atoms with Crippen LogP contribution < -0.4 is 5.32 Å². The molecule has 0 aromatic rings. The average Bonchev–Trinajstić information content (AvgIpc) is 2.69. The fourth-order valence-electron chi connectivity index (χ4n) is 1.24. The lowest BCUT2D eigenvalue weighted by Crippen LogP contribution is -2.30. The summed E-state index contributed by atoms with van der Waals surface area (Å²) in [6.45, 7) is 0.121. The highest BCUT2D eigenvalue weighted by atomic mass is 16.5. The lowest BCUT2D eigenvalue weighted by atomic mass is 10.2. The Morgan fingerprint density at radius 3 is 2.69 bits per heavy atom. The highest BCUT2D eigenvalue weighted by Crippen LogP contribution is 2.06. The van der Waals surface area contributed by atoms with Crippen LogP contribution in [-0.2, 0) is 23.9 Å². The van der Waals surface area contributed by atoms with Crippen molar-refractivity contribution in [3.63, 3.8) is 0 Å². The van der Waals surface area contributed by atoms with Crippen molar-refractivity contribution in [2.45, 2.75) is 18.9 Å². The lowest BCUT2D eigenvalue weighted by Gasteiger charge is -2.08. The Kier molecular flexibility index (Phi) is 4.50. The summed E-state index contributed by atoms with van der Waals surface area (Å²) in [7, 11) is 1.21. The van der Waals surface area contributed by atoms with Gasteiger partial charge in [-0.2, -0.15) is 0 Å². The zero-order chi connectivity index (χ0) is 12.0. The molecule has 1 fully saturated rings. The molecule has 0 spiro atoms. The lowest BCUT2D eigenvalue weighted by molar-refractivity contribution is -0.140. The van der Waals surface area contributed by atoms with E-state index in [9.17, 15) is 14.4 Å². The zero-order valence-electron chi connectivity index (χ0n) is 8.89. The molecule has 6 heteroatoms. The Balaban J connectivity index is 2.22. The van der Waals surface area contributed by atoms with Crippen molar-refractivity contribution < 1.29 is 23.9 Å². The van der Waals surface area contributed by atoms with Gasteiger partial charge in [0.2, 0.25) is 5.91 Å². The number of rotatable bonds is 4. The molecule has 1 amide bonds. The van der Waals surface area contributed by atoms with Gasteiger partial charge in [0.15, 0.2) is 0 Å². The molecule has 0 saturated carbocycles. The SMILES string of the molecule is COC(=O)/C=C/C(=O)OC[C@H]1CCC(=O)N1. The summed E-state index contributed by atoms with van der Waals surface area (Å²) < 4.78 is 9.12. The Morgan fingerprint density at radius 2 is 2.12 bits per heavy atom. The maximum absolute atomic E-state index is 11.1. The van der Waals surface area contributed by atoms with Gasteiger partial charge in [0, 0.05) is 18.6 Å². The molecule has 16 heavy (non-hydrogen) atoms. The van der Waals surface area contributed by atoms with Crippen LogP contribution in [0.3, 0.4) is 0 Å². The van der Waals surface area contributed by atoms with Gasteiger partial charge >= 0.3 is 11.9 Å². The van der Waals surface area contributed by atoms with E-state index in [4.69, 9.17) is 4.74 Å². The fourth-order valence-corrected chi connectivity index (χ4v) is 1.24. The standard InChI is InChI=1S/C10H13NO5/c1-15-9(13)4-5-10(14)16-6-7-2-3-8(12)11-7/h4-5,7H,2-3,6H2,1H3,(H,11,12)/b5-4+/t7-/m1/s1. The van der Waals surface area contributed by atoms with Crippen LogP contribution in [0.15, 0.2) is 12.2 Å². The first kappa shape index (κ1) is 12.2. The summed E-state index contributed by atoms with van der Waals surface area (Å²) in [5.74, 6) is -1.29. The van der Waals surface area contributed by atoms with E-state index in [2.05, 4.69) is 10.1 Å². The predicted molar refractivity (Wildman–Crippen MR) is 53.3 cm³/mol. The van der Waals surface area contributed by atoms with E-state index in [0.717, 1.165) is 12.2 Å². The second-order valence-electron chi connectivity index (χ2n) is 3.29. The highest BCUT2D eigenvalue weighted by Gasteiger charge is 2.21. The van der Waals surface area contributed by atoms with Crippen LogP contribution in [0, 0.1) is 0 Å². The molecule has 6 nitrogen and oxygen atoms in total. The predicted octanol–water partition coefficient (Wildman–Crippen LogP) is -0.463. The first-order valence-corrected chi connectivity index (χ1v) is 4.84. The Hall–Kier alpha value is -1.85. The molecule has 1 aliphatic rings. The molecule has 88 valence electrons. The second-order valence-corrected chi connectivity index (χ2v) is 3.29. The van der Waals surface area contributed by atoms with Crippen LogP contribution in [0.4, 0.5) is 0 Å². The molecule has 0 aromatic carbocycles. The van der Waals surface area contributed by atoms with Gasteiger partial charge in [0.05, 0.1) is 13.2 Å².